The number of benzene rings is 1. The summed E-state index contributed by atoms with van der Waals surface area (Å²) in [5.41, 5.74) is 9.26. The number of carbonyl (C=O) groups is 1. The number of nitrogens with one attached hydrogen (secondary N) is 1. The summed E-state index contributed by atoms with van der Waals surface area (Å²) in [5.74, 6) is 0.183. The molecule has 1 heterocycles. The second-order valence-electron chi connectivity index (χ2n) is 6.43. The van der Waals surface area contributed by atoms with Crippen molar-refractivity contribution in [3.8, 4) is 0 Å². The number of hydrogen-bond acceptors (Lipinski definition) is 5. The van der Waals surface area contributed by atoms with Gasteiger partial charge in [0.25, 0.3) is 5.91 Å². The van der Waals surface area contributed by atoms with Gasteiger partial charge in [-0.1, -0.05) is 36.9 Å². The predicted octanol–water partition coefficient (Wildman–Crippen LogP) is 2.11. The first-order valence-corrected chi connectivity index (χ1v) is 9.67. The van der Waals surface area contributed by atoms with Crippen molar-refractivity contribution >= 4 is 24.0 Å². The van der Waals surface area contributed by atoms with Gasteiger partial charge in [0.15, 0.2) is 0 Å². The maximum absolute atomic E-state index is 12.4. The number of rotatable bonds is 10. The maximum atomic E-state index is 12.4. The lowest BCUT2D eigenvalue weighted by molar-refractivity contribution is 0.0950. The van der Waals surface area contributed by atoms with E-state index >= 15 is 0 Å². The van der Waals surface area contributed by atoms with Crippen LogP contribution in [0.2, 0.25) is 0 Å². The molecule has 0 radical (unpaired) electrons. The Balaban J connectivity index is 2.10. The van der Waals surface area contributed by atoms with Gasteiger partial charge >= 0.3 is 0 Å². The van der Waals surface area contributed by atoms with E-state index in [-0.39, 0.29) is 11.8 Å². The minimum absolute atomic E-state index is 0.155. The predicted molar refractivity (Wildman–Crippen MR) is 117 cm³/mol. The fraction of sp³-hybridized carbons (Fsp3) is 0.381. The van der Waals surface area contributed by atoms with Gasteiger partial charge in [-0.3, -0.25) is 14.8 Å². The number of aromatic nitrogens is 3. The van der Waals surface area contributed by atoms with E-state index in [9.17, 15) is 4.79 Å². The molecule has 1 unspecified atom stereocenters. The van der Waals surface area contributed by atoms with Crippen molar-refractivity contribution in [3.05, 3.63) is 53.4 Å². The molecule has 8 nitrogen and oxygen atoms in total. The normalized spacial score (nSPS) is 12.9. The molecule has 2 aromatic rings. The average molecular weight is 396 g/mol. The highest BCUT2D eigenvalue weighted by Crippen LogP contribution is 2.11. The molecule has 1 amide bonds. The first-order chi connectivity index (χ1) is 14.0. The molecule has 0 saturated heterocycles. The number of aliphatic imine (C=N–C) groups is 2. The first kappa shape index (κ1) is 22.0. The molecule has 29 heavy (non-hydrogen) atoms. The van der Waals surface area contributed by atoms with E-state index in [1.54, 1.807) is 31.5 Å². The van der Waals surface area contributed by atoms with Crippen LogP contribution >= 0.6 is 0 Å². The highest BCUT2D eigenvalue weighted by Gasteiger charge is 2.18. The third-order valence-electron chi connectivity index (χ3n) is 4.55. The van der Waals surface area contributed by atoms with Crippen molar-refractivity contribution in [2.45, 2.75) is 33.4 Å². The third kappa shape index (κ3) is 5.84. The molecule has 0 saturated carbocycles. The quantitative estimate of drug-likeness (QED) is 0.474. The Hall–Kier alpha value is -3.29. The summed E-state index contributed by atoms with van der Waals surface area (Å²) in [5, 5.41) is 11.4. The molecule has 1 aromatic carbocycles. The Labute approximate surface area is 171 Å². The SMILES string of the molecule is C=Cc1ccc(C(=O)NCc2nnn(CC(C=NCC)C(N)=NC)c2CC)cc1. The van der Waals surface area contributed by atoms with Crippen LogP contribution < -0.4 is 11.1 Å². The van der Waals surface area contributed by atoms with Crippen LogP contribution in [0.5, 0.6) is 0 Å². The highest BCUT2D eigenvalue weighted by molar-refractivity contribution is 5.96. The fourth-order valence-electron chi connectivity index (χ4n) is 2.88. The van der Waals surface area contributed by atoms with Crippen molar-refractivity contribution in [3.63, 3.8) is 0 Å². The van der Waals surface area contributed by atoms with Crippen molar-refractivity contribution in [2.24, 2.45) is 21.6 Å². The van der Waals surface area contributed by atoms with Crippen LogP contribution in [0, 0.1) is 5.92 Å². The van der Waals surface area contributed by atoms with E-state index in [1.807, 2.05) is 30.7 Å². The summed E-state index contributed by atoms with van der Waals surface area (Å²) < 4.78 is 1.81. The van der Waals surface area contributed by atoms with Crippen molar-refractivity contribution in [1.29, 1.82) is 0 Å². The van der Waals surface area contributed by atoms with Gasteiger partial charge in [0.2, 0.25) is 0 Å². The molecule has 2 rings (SSSR count). The van der Waals surface area contributed by atoms with Crippen LogP contribution in [0.3, 0.4) is 0 Å². The minimum atomic E-state index is -0.160. The summed E-state index contributed by atoms with van der Waals surface area (Å²) in [7, 11) is 1.66. The van der Waals surface area contributed by atoms with Gasteiger partial charge in [0.1, 0.15) is 11.5 Å². The highest BCUT2D eigenvalue weighted by atomic mass is 16.1. The molecule has 154 valence electrons. The zero-order chi connectivity index (χ0) is 21.2. The van der Waals surface area contributed by atoms with E-state index in [4.69, 9.17) is 5.73 Å². The lowest BCUT2D eigenvalue weighted by Crippen LogP contribution is -2.30. The van der Waals surface area contributed by atoms with Crippen molar-refractivity contribution < 1.29 is 4.79 Å². The van der Waals surface area contributed by atoms with Crippen LogP contribution in [0.1, 0.15) is 41.2 Å². The van der Waals surface area contributed by atoms with Crippen LogP contribution in [0.15, 0.2) is 40.8 Å². The van der Waals surface area contributed by atoms with Crippen molar-refractivity contribution in [1.82, 2.24) is 20.3 Å². The number of carbonyl (C=O) groups excluding carboxylic acids is 1. The molecular weight excluding hydrogens is 366 g/mol. The number of nitrogens with zero attached hydrogens (tertiary/aromatic N) is 5. The van der Waals surface area contributed by atoms with Crippen LogP contribution in [-0.4, -0.2) is 46.5 Å². The summed E-state index contributed by atoms with van der Waals surface area (Å²) in [6.07, 6.45) is 4.27. The maximum Gasteiger partial charge on any atom is 0.251 e. The van der Waals surface area contributed by atoms with Gasteiger partial charge in [-0.05, 0) is 31.0 Å². The van der Waals surface area contributed by atoms with E-state index in [0.717, 1.165) is 23.4 Å². The van der Waals surface area contributed by atoms with E-state index in [2.05, 4.69) is 32.2 Å². The van der Waals surface area contributed by atoms with Gasteiger partial charge in [-0.15, -0.1) is 5.10 Å². The van der Waals surface area contributed by atoms with Crippen LogP contribution in [0.25, 0.3) is 6.08 Å². The molecule has 0 fully saturated rings. The summed E-state index contributed by atoms with van der Waals surface area (Å²) >= 11 is 0. The van der Waals surface area contributed by atoms with Crippen LogP contribution in [-0.2, 0) is 19.5 Å². The Morgan fingerprint density at radius 3 is 2.66 bits per heavy atom. The molecule has 0 spiro atoms. The lowest BCUT2D eigenvalue weighted by Gasteiger charge is -2.13. The molecule has 0 aliphatic carbocycles. The second-order valence-corrected chi connectivity index (χ2v) is 6.43. The van der Waals surface area contributed by atoms with Gasteiger partial charge in [-0.2, -0.15) is 0 Å². The molecule has 8 heteroatoms. The summed E-state index contributed by atoms with van der Waals surface area (Å²) in [6, 6.07) is 7.25. The lowest BCUT2D eigenvalue weighted by atomic mass is 10.1. The number of amidine groups is 1. The Kier molecular flexibility index (Phi) is 8.27. The molecule has 1 atom stereocenters. The van der Waals surface area contributed by atoms with Gasteiger partial charge in [0, 0.05) is 25.4 Å². The number of hydrogen-bond donors (Lipinski definition) is 2. The zero-order valence-electron chi connectivity index (χ0n) is 17.3. The molecule has 0 bridgehead atoms. The second kappa shape index (κ2) is 10.9. The Morgan fingerprint density at radius 1 is 1.34 bits per heavy atom. The molecule has 3 N–H and O–H groups in total. The summed E-state index contributed by atoms with van der Waals surface area (Å²) in [6.45, 7) is 9.19. The average Bonchev–Trinajstić information content (AvgIpc) is 3.15. The molecule has 0 aliphatic heterocycles. The smallest absolute Gasteiger partial charge is 0.251 e. The summed E-state index contributed by atoms with van der Waals surface area (Å²) in [4.78, 5) is 20.8. The molecule has 0 aliphatic rings. The van der Waals surface area contributed by atoms with E-state index in [0.29, 0.717) is 31.0 Å². The Morgan fingerprint density at radius 2 is 2.07 bits per heavy atom. The van der Waals surface area contributed by atoms with E-state index < -0.39 is 0 Å². The molecular formula is C21H29N7O. The number of amides is 1. The standard InChI is InChI=1S/C21H29N7O/c1-5-15-8-10-16(11-9-15)21(29)25-13-18-19(6-2)28(27-26-18)14-17(12-24-7-3)20(22)23-4/h5,8-12,17H,1,6-7,13-14H2,2-4H3,(H2,22,23)(H,25,29). The fourth-order valence-corrected chi connectivity index (χ4v) is 2.88. The minimum Gasteiger partial charge on any atom is -0.387 e. The van der Waals surface area contributed by atoms with E-state index in [1.165, 1.54) is 0 Å². The van der Waals surface area contributed by atoms with Crippen LogP contribution in [0.4, 0.5) is 0 Å². The van der Waals surface area contributed by atoms with Gasteiger partial charge < -0.3 is 11.1 Å². The first-order valence-electron chi connectivity index (χ1n) is 9.67. The Bertz CT molecular complexity index is 881. The monoisotopic (exact) mass is 395 g/mol. The van der Waals surface area contributed by atoms with Gasteiger partial charge in [0.05, 0.1) is 24.7 Å². The zero-order valence-corrected chi connectivity index (χ0v) is 17.3. The third-order valence-corrected chi connectivity index (χ3v) is 4.55. The number of nitrogens with two attached hydrogens (primary N) is 1. The van der Waals surface area contributed by atoms with Gasteiger partial charge in [-0.25, -0.2) is 4.68 Å². The largest absolute Gasteiger partial charge is 0.387 e. The topological polar surface area (TPSA) is 111 Å². The van der Waals surface area contributed by atoms with Crippen molar-refractivity contribution in [2.75, 3.05) is 13.6 Å². The molecule has 1 aromatic heterocycles.